The number of oxazole rings is 1. The van der Waals surface area contributed by atoms with E-state index in [0.29, 0.717) is 24.4 Å². The lowest BCUT2D eigenvalue weighted by Crippen LogP contribution is -2.38. The van der Waals surface area contributed by atoms with Gasteiger partial charge in [0.25, 0.3) is 0 Å². The molecule has 7 nitrogen and oxygen atoms in total. The van der Waals surface area contributed by atoms with Crippen LogP contribution in [0.1, 0.15) is 31.2 Å². The molecule has 1 unspecified atom stereocenters. The van der Waals surface area contributed by atoms with Gasteiger partial charge >= 0.3 is 0 Å². The summed E-state index contributed by atoms with van der Waals surface area (Å²) >= 11 is 0. The molecule has 1 aliphatic rings. The SMILES string of the molecule is Cn1cc(S(=O)(=O)N2CCCCC2c2nc3ccccc3o2)cn1. The molecule has 1 aliphatic heterocycles. The van der Waals surface area contributed by atoms with Crippen LogP contribution >= 0.6 is 0 Å². The van der Waals surface area contributed by atoms with Crippen molar-refractivity contribution in [3.8, 4) is 0 Å². The highest BCUT2D eigenvalue weighted by atomic mass is 32.2. The standard InChI is InChI=1S/C16H18N4O3S/c1-19-11-12(10-17-19)24(21,22)20-9-5-4-7-14(20)16-18-13-6-2-3-8-15(13)23-16/h2-3,6,8,10-11,14H,4-5,7,9H2,1H3. The predicted octanol–water partition coefficient (Wildman–Crippen LogP) is 2.48. The third kappa shape index (κ3) is 2.51. The summed E-state index contributed by atoms with van der Waals surface area (Å²) in [7, 11) is -1.92. The molecule has 1 atom stereocenters. The van der Waals surface area contributed by atoms with Gasteiger partial charge in [0.1, 0.15) is 16.5 Å². The third-order valence-corrected chi connectivity index (χ3v) is 6.20. The summed E-state index contributed by atoms with van der Waals surface area (Å²) in [6, 6.07) is 7.10. The van der Waals surface area contributed by atoms with Crippen LogP contribution < -0.4 is 0 Å². The maximum Gasteiger partial charge on any atom is 0.246 e. The lowest BCUT2D eigenvalue weighted by Gasteiger charge is -2.32. The number of hydrogen-bond donors (Lipinski definition) is 0. The van der Waals surface area contributed by atoms with Gasteiger partial charge in [-0.05, 0) is 25.0 Å². The first kappa shape index (κ1) is 15.3. The molecule has 4 rings (SSSR count). The van der Waals surface area contributed by atoms with Crippen molar-refractivity contribution in [1.82, 2.24) is 19.1 Å². The van der Waals surface area contributed by atoms with Crippen molar-refractivity contribution in [3.63, 3.8) is 0 Å². The fourth-order valence-electron chi connectivity index (χ4n) is 3.14. The molecular weight excluding hydrogens is 328 g/mol. The quantitative estimate of drug-likeness (QED) is 0.728. The molecule has 0 bridgehead atoms. The maximum absolute atomic E-state index is 13.0. The van der Waals surface area contributed by atoms with E-state index in [0.717, 1.165) is 18.4 Å². The van der Waals surface area contributed by atoms with Crippen molar-refractivity contribution < 1.29 is 12.8 Å². The minimum atomic E-state index is -3.63. The summed E-state index contributed by atoms with van der Waals surface area (Å²) in [6.07, 6.45) is 5.38. The number of benzene rings is 1. The third-order valence-electron chi connectivity index (χ3n) is 4.34. The zero-order valence-corrected chi connectivity index (χ0v) is 14.1. The van der Waals surface area contributed by atoms with Crippen LogP contribution in [0.15, 0.2) is 46.0 Å². The molecule has 0 radical (unpaired) electrons. The highest BCUT2D eigenvalue weighted by Gasteiger charge is 2.37. The molecule has 1 fully saturated rings. The molecule has 8 heteroatoms. The molecule has 3 heterocycles. The lowest BCUT2D eigenvalue weighted by atomic mass is 10.1. The summed E-state index contributed by atoms with van der Waals surface area (Å²) in [5.41, 5.74) is 1.42. The second-order valence-electron chi connectivity index (χ2n) is 6.00. The Balaban J connectivity index is 1.75. The van der Waals surface area contributed by atoms with E-state index in [4.69, 9.17) is 4.42 Å². The van der Waals surface area contributed by atoms with Gasteiger partial charge in [-0.15, -0.1) is 0 Å². The largest absolute Gasteiger partial charge is 0.439 e. The van der Waals surface area contributed by atoms with Crippen LogP contribution in [0.2, 0.25) is 0 Å². The lowest BCUT2D eigenvalue weighted by molar-refractivity contribution is 0.222. The maximum atomic E-state index is 13.0. The van der Waals surface area contributed by atoms with Crippen molar-refractivity contribution in [3.05, 3.63) is 42.5 Å². The summed E-state index contributed by atoms with van der Waals surface area (Å²) in [4.78, 5) is 4.71. The highest BCUT2D eigenvalue weighted by Crippen LogP contribution is 2.36. The van der Waals surface area contributed by atoms with E-state index < -0.39 is 10.0 Å². The van der Waals surface area contributed by atoms with E-state index in [-0.39, 0.29) is 10.9 Å². The van der Waals surface area contributed by atoms with E-state index in [2.05, 4.69) is 10.1 Å². The topological polar surface area (TPSA) is 81.2 Å². The summed E-state index contributed by atoms with van der Waals surface area (Å²) in [6.45, 7) is 0.459. The van der Waals surface area contributed by atoms with Crippen LogP contribution in [0.4, 0.5) is 0 Å². The van der Waals surface area contributed by atoms with Gasteiger partial charge in [0.15, 0.2) is 5.58 Å². The number of fused-ring (bicyclic) bond motifs is 1. The fraction of sp³-hybridized carbons (Fsp3) is 0.375. The van der Waals surface area contributed by atoms with Gasteiger partial charge in [-0.2, -0.15) is 9.40 Å². The summed E-state index contributed by atoms with van der Waals surface area (Å²) in [5, 5.41) is 3.98. The Labute approximate surface area is 139 Å². The average Bonchev–Trinajstić information content (AvgIpc) is 3.21. The molecular formula is C16H18N4O3S. The molecule has 0 N–H and O–H groups in total. The van der Waals surface area contributed by atoms with Gasteiger partial charge in [0.2, 0.25) is 15.9 Å². The van der Waals surface area contributed by atoms with E-state index in [1.165, 1.54) is 21.4 Å². The Bertz CT molecular complexity index is 943. The first-order valence-electron chi connectivity index (χ1n) is 7.92. The zero-order chi connectivity index (χ0) is 16.7. The van der Waals surface area contributed by atoms with Crippen molar-refractivity contribution in [2.24, 2.45) is 7.05 Å². The van der Waals surface area contributed by atoms with Crippen LogP contribution in [-0.4, -0.2) is 34.0 Å². The minimum Gasteiger partial charge on any atom is -0.439 e. The van der Waals surface area contributed by atoms with Gasteiger partial charge in [0, 0.05) is 19.8 Å². The fourth-order valence-corrected chi connectivity index (χ4v) is 4.78. The van der Waals surface area contributed by atoms with Crippen molar-refractivity contribution in [1.29, 1.82) is 0 Å². The Morgan fingerprint density at radius 3 is 2.83 bits per heavy atom. The number of hydrogen-bond acceptors (Lipinski definition) is 5. The molecule has 2 aromatic heterocycles. The van der Waals surface area contributed by atoms with Crippen LogP contribution in [0.5, 0.6) is 0 Å². The number of rotatable bonds is 3. The summed E-state index contributed by atoms with van der Waals surface area (Å²) < 4.78 is 34.8. The van der Waals surface area contributed by atoms with Gasteiger partial charge in [-0.25, -0.2) is 13.4 Å². The first-order valence-corrected chi connectivity index (χ1v) is 9.36. The van der Waals surface area contributed by atoms with E-state index >= 15 is 0 Å². The second-order valence-corrected chi connectivity index (χ2v) is 7.89. The van der Waals surface area contributed by atoms with E-state index in [1.54, 1.807) is 7.05 Å². The van der Waals surface area contributed by atoms with E-state index in [1.807, 2.05) is 24.3 Å². The molecule has 0 amide bonds. The molecule has 24 heavy (non-hydrogen) atoms. The monoisotopic (exact) mass is 346 g/mol. The zero-order valence-electron chi connectivity index (χ0n) is 13.3. The molecule has 1 aromatic carbocycles. The smallest absolute Gasteiger partial charge is 0.246 e. The molecule has 3 aromatic rings. The van der Waals surface area contributed by atoms with Gasteiger partial charge in [0.05, 0.1) is 6.20 Å². The van der Waals surface area contributed by atoms with Gasteiger partial charge in [-0.1, -0.05) is 18.6 Å². The van der Waals surface area contributed by atoms with Crippen molar-refractivity contribution in [2.75, 3.05) is 6.54 Å². The van der Waals surface area contributed by atoms with Crippen LogP contribution in [0.3, 0.4) is 0 Å². The molecule has 0 spiro atoms. The Hall–Kier alpha value is -2.19. The Morgan fingerprint density at radius 2 is 2.08 bits per heavy atom. The Morgan fingerprint density at radius 1 is 1.25 bits per heavy atom. The van der Waals surface area contributed by atoms with Gasteiger partial charge < -0.3 is 4.42 Å². The minimum absolute atomic E-state index is 0.202. The van der Waals surface area contributed by atoms with E-state index in [9.17, 15) is 8.42 Å². The normalized spacial score (nSPS) is 19.8. The highest BCUT2D eigenvalue weighted by molar-refractivity contribution is 7.89. The van der Waals surface area contributed by atoms with Gasteiger partial charge in [-0.3, -0.25) is 4.68 Å². The number of aromatic nitrogens is 3. The molecule has 0 saturated carbocycles. The Kier molecular flexibility index (Phi) is 3.65. The second kappa shape index (κ2) is 5.71. The number of para-hydroxylation sites is 2. The van der Waals surface area contributed by atoms with Crippen molar-refractivity contribution in [2.45, 2.75) is 30.2 Å². The van der Waals surface area contributed by atoms with Crippen LogP contribution in [0.25, 0.3) is 11.1 Å². The molecule has 0 aliphatic carbocycles. The summed E-state index contributed by atoms with van der Waals surface area (Å²) in [5.74, 6) is 0.461. The molecule has 126 valence electrons. The van der Waals surface area contributed by atoms with Crippen molar-refractivity contribution >= 4 is 21.1 Å². The number of aryl methyl sites for hydroxylation is 1. The molecule has 1 saturated heterocycles. The number of nitrogens with zero attached hydrogens (tertiary/aromatic N) is 4. The number of sulfonamides is 1. The average molecular weight is 346 g/mol. The van der Waals surface area contributed by atoms with Crippen LogP contribution in [-0.2, 0) is 17.1 Å². The first-order chi connectivity index (χ1) is 11.6. The number of piperidine rings is 1. The van der Waals surface area contributed by atoms with Crippen LogP contribution in [0, 0.1) is 0 Å². The predicted molar refractivity (Wildman–Crippen MR) is 87.7 cm³/mol.